The minimum atomic E-state index is -3.57. The van der Waals surface area contributed by atoms with Gasteiger partial charge < -0.3 is 14.5 Å². The van der Waals surface area contributed by atoms with Crippen molar-refractivity contribution in [2.45, 2.75) is 13.0 Å². The molecule has 1 amide bonds. The normalized spacial score (nSPS) is 19.3. The Bertz CT molecular complexity index is 1070. The first kappa shape index (κ1) is 20.5. The SMILES string of the molecule is Cc1ccc2c(c1)N(S(C)(=O)=O)C[C@@H](C(=O)N1CCN(c3ccccc3F)CC1)O2. The van der Waals surface area contributed by atoms with E-state index in [1.165, 1.54) is 10.4 Å². The summed E-state index contributed by atoms with van der Waals surface area (Å²) >= 11 is 0. The van der Waals surface area contributed by atoms with Crippen molar-refractivity contribution in [1.82, 2.24) is 4.90 Å². The van der Waals surface area contributed by atoms with Gasteiger partial charge in [-0.1, -0.05) is 18.2 Å². The molecular formula is C21H24FN3O4S. The van der Waals surface area contributed by atoms with E-state index in [2.05, 4.69) is 0 Å². The topological polar surface area (TPSA) is 70.2 Å². The first-order valence-corrected chi connectivity index (χ1v) is 11.6. The van der Waals surface area contributed by atoms with Crippen LogP contribution in [0.25, 0.3) is 0 Å². The van der Waals surface area contributed by atoms with Crippen molar-refractivity contribution in [2.24, 2.45) is 0 Å². The molecule has 2 aliphatic heterocycles. The maximum atomic E-state index is 14.0. The van der Waals surface area contributed by atoms with Gasteiger partial charge in [-0.25, -0.2) is 12.8 Å². The molecule has 2 aromatic rings. The molecule has 1 saturated heterocycles. The number of carbonyl (C=O) groups is 1. The molecule has 1 atom stereocenters. The highest BCUT2D eigenvalue weighted by Crippen LogP contribution is 2.36. The Morgan fingerprint density at radius 2 is 1.77 bits per heavy atom. The summed E-state index contributed by atoms with van der Waals surface area (Å²) in [6.07, 6.45) is 0.203. The number of anilines is 2. The standard InChI is InChI=1S/C21H24FN3O4S/c1-15-7-8-19-18(13-15)25(30(2,27)28)14-20(29-19)21(26)24-11-9-23(10-12-24)17-6-4-3-5-16(17)22/h3-8,13,20H,9-12,14H2,1-2H3/t20-/m0/s1. The largest absolute Gasteiger partial charge is 0.476 e. The summed E-state index contributed by atoms with van der Waals surface area (Å²) in [6.45, 7) is 3.60. The number of para-hydroxylation sites is 1. The quantitative estimate of drug-likeness (QED) is 0.741. The fraction of sp³-hybridized carbons (Fsp3) is 0.381. The molecular weight excluding hydrogens is 409 g/mol. The molecule has 7 nitrogen and oxygen atoms in total. The molecule has 30 heavy (non-hydrogen) atoms. The van der Waals surface area contributed by atoms with E-state index in [0.717, 1.165) is 11.8 Å². The van der Waals surface area contributed by atoms with Crippen molar-refractivity contribution in [3.8, 4) is 5.75 Å². The van der Waals surface area contributed by atoms with Gasteiger partial charge in [-0.3, -0.25) is 9.10 Å². The maximum Gasteiger partial charge on any atom is 0.265 e. The lowest BCUT2D eigenvalue weighted by atomic mass is 10.1. The van der Waals surface area contributed by atoms with Gasteiger partial charge >= 0.3 is 0 Å². The Balaban J connectivity index is 1.49. The third-order valence-corrected chi connectivity index (χ3v) is 6.59. The molecule has 0 spiro atoms. The van der Waals surface area contributed by atoms with Gasteiger partial charge in [-0.15, -0.1) is 0 Å². The van der Waals surface area contributed by atoms with Gasteiger partial charge in [-0.2, -0.15) is 0 Å². The van der Waals surface area contributed by atoms with E-state index in [9.17, 15) is 17.6 Å². The molecule has 9 heteroatoms. The number of nitrogens with zero attached hydrogens (tertiary/aromatic N) is 3. The second kappa shape index (κ2) is 7.79. The van der Waals surface area contributed by atoms with Crippen LogP contribution in [0.2, 0.25) is 0 Å². The average Bonchev–Trinajstić information content (AvgIpc) is 2.72. The number of halogens is 1. The summed E-state index contributed by atoms with van der Waals surface area (Å²) in [5, 5.41) is 0. The molecule has 0 radical (unpaired) electrons. The smallest absolute Gasteiger partial charge is 0.265 e. The molecule has 2 aromatic carbocycles. The Labute approximate surface area is 175 Å². The molecule has 0 aliphatic carbocycles. The number of hydrogen-bond acceptors (Lipinski definition) is 5. The van der Waals surface area contributed by atoms with Gasteiger partial charge in [0.25, 0.3) is 5.91 Å². The van der Waals surface area contributed by atoms with Crippen molar-refractivity contribution in [3.05, 3.63) is 53.8 Å². The number of hydrogen-bond donors (Lipinski definition) is 0. The number of benzene rings is 2. The van der Waals surface area contributed by atoms with Crippen LogP contribution in [0.1, 0.15) is 5.56 Å². The van der Waals surface area contributed by atoms with Crippen LogP contribution in [0, 0.1) is 12.7 Å². The Hall–Kier alpha value is -2.81. The Morgan fingerprint density at radius 1 is 1.07 bits per heavy atom. The lowest BCUT2D eigenvalue weighted by Crippen LogP contribution is -2.56. The summed E-state index contributed by atoms with van der Waals surface area (Å²) in [5.41, 5.74) is 1.87. The molecule has 2 aliphatic rings. The van der Waals surface area contributed by atoms with E-state index in [-0.39, 0.29) is 18.3 Å². The number of sulfonamides is 1. The van der Waals surface area contributed by atoms with Gasteiger partial charge in [0.05, 0.1) is 24.2 Å². The Morgan fingerprint density at radius 3 is 2.43 bits per heavy atom. The van der Waals surface area contributed by atoms with Crippen LogP contribution in [0.5, 0.6) is 5.75 Å². The van der Waals surface area contributed by atoms with Crippen molar-refractivity contribution >= 4 is 27.3 Å². The lowest BCUT2D eigenvalue weighted by Gasteiger charge is -2.40. The molecule has 0 aromatic heterocycles. The van der Waals surface area contributed by atoms with Crippen LogP contribution in [-0.4, -0.2) is 64.3 Å². The van der Waals surface area contributed by atoms with E-state index in [4.69, 9.17) is 4.74 Å². The molecule has 0 saturated carbocycles. The third kappa shape index (κ3) is 3.94. The van der Waals surface area contributed by atoms with Crippen molar-refractivity contribution in [3.63, 3.8) is 0 Å². The zero-order valence-electron chi connectivity index (χ0n) is 16.9. The molecule has 1 fully saturated rings. The summed E-state index contributed by atoms with van der Waals surface area (Å²) < 4.78 is 45.8. The lowest BCUT2D eigenvalue weighted by molar-refractivity contribution is -0.138. The van der Waals surface area contributed by atoms with Gasteiger partial charge in [0.1, 0.15) is 11.6 Å². The summed E-state index contributed by atoms with van der Waals surface area (Å²) in [7, 11) is -3.57. The minimum Gasteiger partial charge on any atom is -0.476 e. The summed E-state index contributed by atoms with van der Waals surface area (Å²) in [6, 6.07) is 11.8. The minimum absolute atomic E-state index is 0.0678. The maximum absolute atomic E-state index is 14.0. The molecule has 160 valence electrons. The van der Waals surface area contributed by atoms with Crippen LogP contribution in [0.15, 0.2) is 42.5 Å². The fourth-order valence-corrected chi connectivity index (χ4v) is 4.79. The van der Waals surface area contributed by atoms with E-state index < -0.39 is 16.1 Å². The van der Waals surface area contributed by atoms with Gasteiger partial charge in [0.15, 0.2) is 6.10 Å². The number of rotatable bonds is 3. The molecule has 0 N–H and O–H groups in total. The zero-order chi connectivity index (χ0) is 21.5. The second-order valence-electron chi connectivity index (χ2n) is 7.64. The van der Waals surface area contributed by atoms with Gasteiger partial charge in [-0.05, 0) is 36.8 Å². The van der Waals surface area contributed by atoms with E-state index in [1.807, 2.05) is 17.9 Å². The average molecular weight is 434 g/mol. The van der Waals surface area contributed by atoms with Crippen LogP contribution in [0.4, 0.5) is 15.8 Å². The predicted octanol–water partition coefficient (Wildman–Crippen LogP) is 2.01. The predicted molar refractivity (Wildman–Crippen MR) is 113 cm³/mol. The van der Waals surface area contributed by atoms with Crippen molar-refractivity contribution in [2.75, 3.05) is 48.2 Å². The number of ether oxygens (including phenoxy) is 1. The first-order chi connectivity index (χ1) is 14.2. The zero-order valence-corrected chi connectivity index (χ0v) is 17.7. The second-order valence-corrected chi connectivity index (χ2v) is 9.54. The van der Waals surface area contributed by atoms with Crippen molar-refractivity contribution in [1.29, 1.82) is 0 Å². The number of piperazine rings is 1. The third-order valence-electron chi connectivity index (χ3n) is 5.44. The molecule has 2 heterocycles. The van der Waals surface area contributed by atoms with E-state index in [1.54, 1.807) is 35.2 Å². The van der Waals surface area contributed by atoms with Crippen LogP contribution in [0.3, 0.4) is 0 Å². The molecule has 4 rings (SSSR count). The highest BCUT2D eigenvalue weighted by atomic mass is 32.2. The molecule has 0 bridgehead atoms. The summed E-state index contributed by atoms with van der Waals surface area (Å²) in [4.78, 5) is 16.7. The number of carbonyl (C=O) groups excluding carboxylic acids is 1. The van der Waals surface area contributed by atoms with E-state index >= 15 is 0 Å². The van der Waals surface area contributed by atoms with Crippen LogP contribution >= 0.6 is 0 Å². The number of amides is 1. The monoisotopic (exact) mass is 433 g/mol. The number of aryl methyl sites for hydroxylation is 1. The summed E-state index contributed by atoms with van der Waals surface area (Å²) in [5.74, 6) is -0.174. The van der Waals surface area contributed by atoms with E-state index in [0.29, 0.717) is 43.3 Å². The first-order valence-electron chi connectivity index (χ1n) is 9.77. The highest BCUT2D eigenvalue weighted by Gasteiger charge is 2.38. The number of fused-ring (bicyclic) bond motifs is 1. The highest BCUT2D eigenvalue weighted by molar-refractivity contribution is 7.92. The molecule has 0 unspecified atom stereocenters. The fourth-order valence-electron chi connectivity index (χ4n) is 3.88. The van der Waals surface area contributed by atoms with Gasteiger partial charge in [0, 0.05) is 26.2 Å². The van der Waals surface area contributed by atoms with Crippen LogP contribution in [-0.2, 0) is 14.8 Å². The van der Waals surface area contributed by atoms with Gasteiger partial charge in [0.2, 0.25) is 10.0 Å². The Kier molecular flexibility index (Phi) is 5.31. The van der Waals surface area contributed by atoms with Crippen LogP contribution < -0.4 is 13.9 Å². The van der Waals surface area contributed by atoms with Crippen molar-refractivity contribution < 1.29 is 22.3 Å².